The SMILES string of the molecule is CC1(C)[C@H]2Cc3cc4nc[nH]c4cc3[C@]1(C)CCN2C(=O)c1ccc2nc[nH]c2c1. The van der Waals surface area contributed by atoms with Gasteiger partial charge in [-0.3, -0.25) is 4.79 Å². The fourth-order valence-electron chi connectivity index (χ4n) is 5.82. The second-order valence-electron chi connectivity index (χ2n) is 9.59. The van der Waals surface area contributed by atoms with E-state index < -0.39 is 0 Å². The monoisotopic (exact) mass is 399 g/mol. The quantitative estimate of drug-likeness (QED) is 0.504. The van der Waals surface area contributed by atoms with Crippen LogP contribution in [0.25, 0.3) is 22.1 Å². The normalized spacial score (nSPS) is 24.9. The van der Waals surface area contributed by atoms with Crippen LogP contribution in [0, 0.1) is 5.41 Å². The molecule has 1 saturated heterocycles. The lowest BCUT2D eigenvalue weighted by atomic mass is 9.51. The molecule has 0 spiro atoms. The molecule has 0 saturated carbocycles. The van der Waals surface area contributed by atoms with Crippen molar-refractivity contribution >= 4 is 28.0 Å². The smallest absolute Gasteiger partial charge is 0.254 e. The number of carbonyl (C=O) groups is 1. The maximum absolute atomic E-state index is 13.6. The van der Waals surface area contributed by atoms with E-state index in [1.807, 2.05) is 18.2 Å². The molecule has 2 aromatic heterocycles. The van der Waals surface area contributed by atoms with E-state index in [4.69, 9.17) is 0 Å². The molecule has 3 heterocycles. The number of H-pyrrole nitrogens is 2. The van der Waals surface area contributed by atoms with Crippen molar-refractivity contribution in [2.75, 3.05) is 6.54 Å². The van der Waals surface area contributed by atoms with Crippen molar-refractivity contribution < 1.29 is 4.79 Å². The minimum Gasteiger partial charge on any atom is -0.345 e. The molecule has 1 amide bonds. The van der Waals surface area contributed by atoms with Gasteiger partial charge in [-0.1, -0.05) is 20.8 Å². The van der Waals surface area contributed by atoms with E-state index in [1.54, 1.807) is 12.7 Å². The van der Waals surface area contributed by atoms with E-state index in [1.165, 1.54) is 11.1 Å². The van der Waals surface area contributed by atoms with Crippen LogP contribution in [0.1, 0.15) is 48.7 Å². The van der Waals surface area contributed by atoms with Gasteiger partial charge in [-0.15, -0.1) is 0 Å². The standard InChI is InChI=1S/C24H25N5O/c1-23(2)21-10-15-9-19-20(28-13-27-19)11-16(15)24(23,3)6-7-29(21)22(30)14-4-5-17-18(8-14)26-12-25-17/h4-5,8-9,11-13,21H,6-7,10H2,1-3H3,(H,25,26)(H,27,28)/t21-,24+/m1/s1. The molecule has 4 aromatic rings. The number of fused-ring (bicyclic) bond motifs is 6. The molecular weight excluding hydrogens is 374 g/mol. The molecule has 0 radical (unpaired) electrons. The number of aromatic nitrogens is 4. The Hall–Kier alpha value is -3.15. The Labute approximate surface area is 174 Å². The molecule has 0 unspecified atom stereocenters. The summed E-state index contributed by atoms with van der Waals surface area (Å²) in [4.78, 5) is 30.8. The Morgan fingerprint density at radius 2 is 1.77 bits per heavy atom. The van der Waals surface area contributed by atoms with E-state index in [2.05, 4.69) is 57.7 Å². The maximum atomic E-state index is 13.6. The van der Waals surface area contributed by atoms with E-state index >= 15 is 0 Å². The molecular formula is C24H25N5O. The number of piperidine rings is 1. The molecule has 1 aliphatic heterocycles. The number of imidazole rings is 2. The van der Waals surface area contributed by atoms with Crippen molar-refractivity contribution in [2.45, 2.75) is 45.1 Å². The zero-order chi connectivity index (χ0) is 20.7. The van der Waals surface area contributed by atoms with Crippen molar-refractivity contribution in [2.24, 2.45) is 5.41 Å². The lowest BCUT2D eigenvalue weighted by Gasteiger charge is -2.60. The van der Waals surface area contributed by atoms with Crippen molar-refractivity contribution in [3.05, 3.63) is 59.7 Å². The summed E-state index contributed by atoms with van der Waals surface area (Å²) in [6.45, 7) is 7.80. The summed E-state index contributed by atoms with van der Waals surface area (Å²) >= 11 is 0. The Bertz CT molecular complexity index is 1320. The van der Waals surface area contributed by atoms with Crippen LogP contribution in [-0.2, 0) is 11.8 Å². The summed E-state index contributed by atoms with van der Waals surface area (Å²) < 4.78 is 0. The molecule has 2 atom stereocenters. The van der Waals surface area contributed by atoms with Crippen molar-refractivity contribution in [3.63, 3.8) is 0 Å². The summed E-state index contributed by atoms with van der Waals surface area (Å²) in [7, 11) is 0. The number of benzene rings is 2. The molecule has 152 valence electrons. The van der Waals surface area contributed by atoms with Gasteiger partial charge in [0.05, 0.1) is 34.7 Å². The Morgan fingerprint density at radius 1 is 1.03 bits per heavy atom. The number of hydrogen-bond acceptors (Lipinski definition) is 3. The van der Waals surface area contributed by atoms with E-state index in [-0.39, 0.29) is 22.8 Å². The molecule has 30 heavy (non-hydrogen) atoms. The third-order valence-electron chi connectivity index (χ3n) is 8.07. The highest BCUT2D eigenvalue weighted by Gasteiger charge is 2.56. The lowest BCUT2D eigenvalue weighted by molar-refractivity contribution is -0.0261. The molecule has 1 aliphatic carbocycles. The molecule has 2 N–H and O–H groups in total. The van der Waals surface area contributed by atoms with Crippen LogP contribution in [-0.4, -0.2) is 43.3 Å². The zero-order valence-corrected chi connectivity index (χ0v) is 17.5. The number of amides is 1. The molecule has 6 heteroatoms. The minimum atomic E-state index is -0.0420. The zero-order valence-electron chi connectivity index (χ0n) is 17.5. The first kappa shape index (κ1) is 17.7. The average molecular weight is 399 g/mol. The van der Waals surface area contributed by atoms with Gasteiger partial charge in [0.2, 0.25) is 0 Å². The van der Waals surface area contributed by atoms with Gasteiger partial charge < -0.3 is 14.9 Å². The van der Waals surface area contributed by atoms with Gasteiger partial charge >= 0.3 is 0 Å². The number of likely N-dealkylation sites (tertiary alicyclic amines) is 1. The maximum Gasteiger partial charge on any atom is 0.254 e. The fraction of sp³-hybridized carbons (Fsp3) is 0.375. The number of nitrogens with zero attached hydrogens (tertiary/aromatic N) is 3. The number of rotatable bonds is 1. The highest BCUT2D eigenvalue weighted by molar-refractivity contribution is 5.97. The van der Waals surface area contributed by atoms with Crippen LogP contribution in [0.15, 0.2) is 43.0 Å². The number of aromatic amines is 2. The average Bonchev–Trinajstić information content (AvgIpc) is 3.37. The first-order valence-corrected chi connectivity index (χ1v) is 10.6. The summed E-state index contributed by atoms with van der Waals surface area (Å²) in [5.41, 5.74) is 7.29. The fourth-order valence-corrected chi connectivity index (χ4v) is 5.82. The highest BCUT2D eigenvalue weighted by Crippen LogP contribution is 2.56. The topological polar surface area (TPSA) is 77.7 Å². The van der Waals surface area contributed by atoms with Crippen molar-refractivity contribution in [1.82, 2.24) is 24.8 Å². The van der Waals surface area contributed by atoms with Gasteiger partial charge in [0.1, 0.15) is 0 Å². The second kappa shape index (κ2) is 5.72. The Morgan fingerprint density at radius 3 is 2.57 bits per heavy atom. The van der Waals surface area contributed by atoms with Gasteiger partial charge in [0.25, 0.3) is 5.91 Å². The lowest BCUT2D eigenvalue weighted by Crippen LogP contribution is -2.64. The van der Waals surface area contributed by atoms with Crippen LogP contribution in [0.2, 0.25) is 0 Å². The van der Waals surface area contributed by atoms with Crippen LogP contribution >= 0.6 is 0 Å². The largest absolute Gasteiger partial charge is 0.345 e. The molecule has 2 aromatic carbocycles. The molecule has 6 nitrogen and oxygen atoms in total. The number of nitrogens with one attached hydrogen (secondary N) is 2. The summed E-state index contributed by atoms with van der Waals surface area (Å²) in [6, 6.07) is 10.4. The molecule has 2 aliphatic rings. The van der Waals surface area contributed by atoms with Crippen molar-refractivity contribution in [3.8, 4) is 0 Å². The predicted molar refractivity (Wildman–Crippen MR) is 116 cm³/mol. The van der Waals surface area contributed by atoms with Gasteiger partial charge in [-0.05, 0) is 59.7 Å². The van der Waals surface area contributed by atoms with Gasteiger partial charge in [-0.25, -0.2) is 9.97 Å². The Kier molecular flexibility index (Phi) is 3.37. The second-order valence-corrected chi connectivity index (χ2v) is 9.59. The minimum absolute atomic E-state index is 0.00859. The van der Waals surface area contributed by atoms with E-state index in [0.29, 0.717) is 0 Å². The molecule has 1 fully saturated rings. The van der Waals surface area contributed by atoms with Crippen LogP contribution in [0.4, 0.5) is 0 Å². The summed E-state index contributed by atoms with van der Waals surface area (Å²) in [5.74, 6) is 0.107. The molecule has 2 bridgehead atoms. The van der Waals surface area contributed by atoms with Gasteiger partial charge in [0, 0.05) is 23.6 Å². The third-order valence-corrected chi connectivity index (χ3v) is 8.07. The summed E-state index contributed by atoms with van der Waals surface area (Å²) in [6.07, 6.45) is 5.24. The van der Waals surface area contributed by atoms with Crippen molar-refractivity contribution in [1.29, 1.82) is 0 Å². The van der Waals surface area contributed by atoms with E-state index in [0.717, 1.165) is 47.0 Å². The number of hydrogen-bond donors (Lipinski definition) is 2. The Balaban J connectivity index is 1.45. The van der Waals surface area contributed by atoms with Crippen LogP contribution in [0.3, 0.4) is 0 Å². The number of carbonyl (C=O) groups excluding carboxylic acids is 1. The predicted octanol–water partition coefficient (Wildman–Crippen LogP) is 4.19. The summed E-state index contributed by atoms with van der Waals surface area (Å²) in [5, 5.41) is 0. The molecule has 6 rings (SSSR count). The first-order chi connectivity index (χ1) is 14.4. The first-order valence-electron chi connectivity index (χ1n) is 10.6. The van der Waals surface area contributed by atoms with E-state index in [9.17, 15) is 4.79 Å². The van der Waals surface area contributed by atoms with Crippen LogP contribution < -0.4 is 0 Å². The highest BCUT2D eigenvalue weighted by atomic mass is 16.2. The van der Waals surface area contributed by atoms with Gasteiger partial charge in [0.15, 0.2) is 0 Å². The third kappa shape index (κ3) is 2.16. The van der Waals surface area contributed by atoms with Crippen LogP contribution in [0.5, 0.6) is 0 Å². The van der Waals surface area contributed by atoms with Gasteiger partial charge in [-0.2, -0.15) is 0 Å².